The van der Waals surface area contributed by atoms with Gasteiger partial charge >= 0.3 is 0 Å². The molecule has 0 radical (unpaired) electrons. The van der Waals surface area contributed by atoms with Gasteiger partial charge in [-0.15, -0.1) is 0 Å². The second-order valence-corrected chi connectivity index (χ2v) is 3.75. The molecule has 2 heteroatoms. The molecule has 0 spiro atoms. The number of rotatable bonds is 2. The summed E-state index contributed by atoms with van der Waals surface area (Å²) >= 11 is 0. The van der Waals surface area contributed by atoms with Crippen LogP contribution in [0, 0.1) is 0 Å². The molecule has 0 heterocycles. The van der Waals surface area contributed by atoms with Gasteiger partial charge < -0.3 is 4.74 Å². The minimum atomic E-state index is 0.358. The predicted molar refractivity (Wildman–Crippen MR) is 54.2 cm³/mol. The average molecular weight is 190 g/mol. The van der Waals surface area contributed by atoms with Gasteiger partial charge in [0.1, 0.15) is 5.78 Å². The third-order valence-corrected chi connectivity index (χ3v) is 2.64. The first kappa shape index (κ1) is 9.41. The van der Waals surface area contributed by atoms with Crippen LogP contribution in [0.2, 0.25) is 0 Å². The second kappa shape index (κ2) is 3.93. The lowest BCUT2D eigenvalue weighted by molar-refractivity contribution is -0.118. The molecule has 1 aromatic carbocycles. The highest BCUT2D eigenvalue weighted by atomic mass is 16.5. The standard InChI is InChI=1S/C12H14O2/c1-14-8-9-2-3-11-7-12(13)5-4-10(11)6-9/h2-3,6H,4-5,7-8H2,1H3. The number of hydrogen-bond donors (Lipinski definition) is 0. The molecule has 0 fully saturated rings. The molecule has 1 aliphatic rings. The number of fused-ring (bicyclic) bond motifs is 1. The van der Waals surface area contributed by atoms with Gasteiger partial charge in [-0.2, -0.15) is 0 Å². The Morgan fingerprint density at radius 3 is 2.93 bits per heavy atom. The molecule has 0 aromatic heterocycles. The van der Waals surface area contributed by atoms with Gasteiger partial charge in [0.25, 0.3) is 0 Å². The molecule has 2 nitrogen and oxygen atoms in total. The van der Waals surface area contributed by atoms with E-state index in [1.807, 2.05) is 6.07 Å². The van der Waals surface area contributed by atoms with Gasteiger partial charge in [-0.25, -0.2) is 0 Å². The van der Waals surface area contributed by atoms with Crippen molar-refractivity contribution in [1.82, 2.24) is 0 Å². The van der Waals surface area contributed by atoms with E-state index in [0.717, 1.165) is 6.42 Å². The summed E-state index contributed by atoms with van der Waals surface area (Å²) < 4.78 is 5.07. The summed E-state index contributed by atoms with van der Waals surface area (Å²) in [5.74, 6) is 0.358. The van der Waals surface area contributed by atoms with Crippen molar-refractivity contribution in [3.05, 3.63) is 34.9 Å². The van der Waals surface area contributed by atoms with Crippen molar-refractivity contribution in [1.29, 1.82) is 0 Å². The molecule has 14 heavy (non-hydrogen) atoms. The van der Waals surface area contributed by atoms with Crippen LogP contribution >= 0.6 is 0 Å². The minimum Gasteiger partial charge on any atom is -0.380 e. The molecule has 1 aromatic rings. The van der Waals surface area contributed by atoms with E-state index in [1.165, 1.54) is 16.7 Å². The number of aryl methyl sites for hydroxylation is 1. The third kappa shape index (κ3) is 1.85. The average Bonchev–Trinajstić information content (AvgIpc) is 2.19. The van der Waals surface area contributed by atoms with E-state index in [9.17, 15) is 4.79 Å². The van der Waals surface area contributed by atoms with Crippen LogP contribution in [0.4, 0.5) is 0 Å². The smallest absolute Gasteiger partial charge is 0.137 e. The Labute approximate surface area is 83.9 Å². The largest absolute Gasteiger partial charge is 0.380 e. The van der Waals surface area contributed by atoms with Crippen molar-refractivity contribution in [2.45, 2.75) is 25.9 Å². The van der Waals surface area contributed by atoms with Crippen LogP contribution in [0.25, 0.3) is 0 Å². The van der Waals surface area contributed by atoms with Crippen LogP contribution in [0.1, 0.15) is 23.1 Å². The minimum absolute atomic E-state index is 0.358. The number of benzene rings is 1. The van der Waals surface area contributed by atoms with E-state index in [1.54, 1.807) is 7.11 Å². The highest BCUT2D eigenvalue weighted by molar-refractivity contribution is 5.83. The molecule has 0 unspecified atom stereocenters. The summed E-state index contributed by atoms with van der Waals surface area (Å²) in [5.41, 5.74) is 3.71. The van der Waals surface area contributed by atoms with Crippen LogP contribution < -0.4 is 0 Å². The molecule has 0 saturated carbocycles. The van der Waals surface area contributed by atoms with Crippen LogP contribution in [-0.4, -0.2) is 12.9 Å². The SMILES string of the molecule is COCc1ccc2c(c1)CCC(=O)C2. The molecular formula is C12H14O2. The van der Waals surface area contributed by atoms with E-state index in [0.29, 0.717) is 25.2 Å². The summed E-state index contributed by atoms with van der Waals surface area (Å²) in [4.78, 5) is 11.2. The maximum Gasteiger partial charge on any atom is 0.137 e. The van der Waals surface area contributed by atoms with Crippen molar-refractivity contribution in [3.63, 3.8) is 0 Å². The number of methoxy groups -OCH3 is 1. The predicted octanol–water partition coefficient (Wildman–Crippen LogP) is 1.89. The topological polar surface area (TPSA) is 26.3 Å². The van der Waals surface area contributed by atoms with Gasteiger partial charge in [-0.1, -0.05) is 18.2 Å². The summed E-state index contributed by atoms with van der Waals surface area (Å²) in [5, 5.41) is 0. The molecule has 0 atom stereocenters. The zero-order valence-corrected chi connectivity index (χ0v) is 8.38. The van der Waals surface area contributed by atoms with Crippen molar-refractivity contribution >= 4 is 5.78 Å². The number of carbonyl (C=O) groups is 1. The fourth-order valence-corrected chi connectivity index (χ4v) is 1.92. The van der Waals surface area contributed by atoms with Crippen LogP contribution in [0.15, 0.2) is 18.2 Å². The molecule has 1 aliphatic carbocycles. The van der Waals surface area contributed by atoms with Gasteiger partial charge in [0.2, 0.25) is 0 Å². The van der Waals surface area contributed by atoms with Crippen LogP contribution in [0.3, 0.4) is 0 Å². The van der Waals surface area contributed by atoms with Gasteiger partial charge in [0.15, 0.2) is 0 Å². The van der Waals surface area contributed by atoms with Crippen molar-refractivity contribution in [2.24, 2.45) is 0 Å². The Morgan fingerprint density at radius 2 is 2.14 bits per heavy atom. The lowest BCUT2D eigenvalue weighted by atomic mass is 9.90. The summed E-state index contributed by atoms with van der Waals surface area (Å²) in [6, 6.07) is 6.26. The molecule has 0 bridgehead atoms. The van der Waals surface area contributed by atoms with Crippen LogP contribution in [-0.2, 0) is 29.0 Å². The van der Waals surface area contributed by atoms with Crippen LogP contribution in [0.5, 0.6) is 0 Å². The zero-order chi connectivity index (χ0) is 9.97. The highest BCUT2D eigenvalue weighted by Crippen LogP contribution is 2.20. The van der Waals surface area contributed by atoms with Gasteiger partial charge in [0.05, 0.1) is 6.61 Å². The Morgan fingerprint density at radius 1 is 1.29 bits per heavy atom. The lowest BCUT2D eigenvalue weighted by Gasteiger charge is -2.15. The monoisotopic (exact) mass is 190 g/mol. The lowest BCUT2D eigenvalue weighted by Crippen LogP contribution is -2.13. The molecule has 0 saturated heterocycles. The highest BCUT2D eigenvalue weighted by Gasteiger charge is 2.15. The van der Waals surface area contributed by atoms with Crippen molar-refractivity contribution < 1.29 is 9.53 Å². The fourth-order valence-electron chi connectivity index (χ4n) is 1.92. The molecule has 74 valence electrons. The summed E-state index contributed by atoms with van der Waals surface area (Å²) in [6.07, 6.45) is 2.21. The van der Waals surface area contributed by atoms with E-state index < -0.39 is 0 Å². The molecular weight excluding hydrogens is 176 g/mol. The quantitative estimate of drug-likeness (QED) is 0.711. The van der Waals surface area contributed by atoms with E-state index in [-0.39, 0.29) is 0 Å². The molecule has 2 rings (SSSR count). The summed E-state index contributed by atoms with van der Waals surface area (Å²) in [6.45, 7) is 0.654. The summed E-state index contributed by atoms with van der Waals surface area (Å²) in [7, 11) is 1.70. The maximum atomic E-state index is 11.2. The van der Waals surface area contributed by atoms with Gasteiger partial charge in [-0.05, 0) is 23.1 Å². The third-order valence-electron chi connectivity index (χ3n) is 2.64. The number of hydrogen-bond acceptors (Lipinski definition) is 2. The Bertz CT molecular complexity index is 355. The first-order chi connectivity index (χ1) is 6.79. The maximum absolute atomic E-state index is 11.2. The van der Waals surface area contributed by atoms with E-state index in [4.69, 9.17) is 4.74 Å². The molecule has 0 N–H and O–H groups in total. The number of Topliss-reactive ketones (excluding diaryl/α,β-unsaturated/α-hetero) is 1. The first-order valence-corrected chi connectivity index (χ1v) is 4.91. The number of carbonyl (C=O) groups excluding carboxylic acids is 1. The fraction of sp³-hybridized carbons (Fsp3) is 0.417. The Balaban J connectivity index is 2.26. The number of ether oxygens (including phenoxy) is 1. The van der Waals surface area contributed by atoms with Gasteiger partial charge in [0, 0.05) is 20.0 Å². The first-order valence-electron chi connectivity index (χ1n) is 4.91. The number of ketones is 1. The normalized spacial score (nSPS) is 15.4. The molecule has 0 amide bonds. The van der Waals surface area contributed by atoms with Crippen molar-refractivity contribution in [3.8, 4) is 0 Å². The Hall–Kier alpha value is -1.15. The molecule has 0 aliphatic heterocycles. The zero-order valence-electron chi connectivity index (χ0n) is 8.38. The Kier molecular flexibility index (Phi) is 2.64. The van der Waals surface area contributed by atoms with Crippen molar-refractivity contribution in [2.75, 3.05) is 7.11 Å². The van der Waals surface area contributed by atoms with E-state index in [2.05, 4.69) is 12.1 Å². The van der Waals surface area contributed by atoms with E-state index >= 15 is 0 Å². The second-order valence-electron chi connectivity index (χ2n) is 3.75. The van der Waals surface area contributed by atoms with Gasteiger partial charge in [-0.3, -0.25) is 4.79 Å².